The SMILES string of the molecule is CCOCCOc1ccc(C(=O)NC(=S)NNC(=O)c2cccs2)cc1. The van der Waals surface area contributed by atoms with Crippen molar-refractivity contribution in [3.05, 3.63) is 52.2 Å². The van der Waals surface area contributed by atoms with E-state index < -0.39 is 5.91 Å². The van der Waals surface area contributed by atoms with Crippen LogP contribution in [0.5, 0.6) is 5.75 Å². The lowest BCUT2D eigenvalue weighted by Gasteiger charge is -2.11. The Balaban J connectivity index is 1.75. The normalized spacial score (nSPS) is 10.0. The molecule has 26 heavy (non-hydrogen) atoms. The maximum atomic E-state index is 12.1. The number of nitrogens with one attached hydrogen (secondary N) is 3. The largest absolute Gasteiger partial charge is 0.491 e. The molecular formula is C17H19N3O4S2. The summed E-state index contributed by atoms with van der Waals surface area (Å²) in [6.45, 7) is 3.51. The number of carbonyl (C=O) groups is 2. The van der Waals surface area contributed by atoms with Gasteiger partial charge in [-0.25, -0.2) is 0 Å². The molecule has 0 radical (unpaired) electrons. The lowest BCUT2D eigenvalue weighted by molar-refractivity contribution is 0.0938. The lowest BCUT2D eigenvalue weighted by atomic mass is 10.2. The summed E-state index contributed by atoms with van der Waals surface area (Å²) in [6, 6.07) is 10.1. The van der Waals surface area contributed by atoms with Gasteiger partial charge in [-0.05, 0) is 54.9 Å². The molecule has 1 aromatic heterocycles. The maximum absolute atomic E-state index is 12.1. The molecule has 1 heterocycles. The van der Waals surface area contributed by atoms with Crippen molar-refractivity contribution in [3.8, 4) is 5.75 Å². The van der Waals surface area contributed by atoms with E-state index in [-0.39, 0.29) is 11.0 Å². The molecule has 0 bridgehead atoms. The van der Waals surface area contributed by atoms with Gasteiger partial charge < -0.3 is 9.47 Å². The molecular weight excluding hydrogens is 374 g/mol. The summed E-state index contributed by atoms with van der Waals surface area (Å²) in [5.41, 5.74) is 5.32. The second-order valence-corrected chi connectivity index (χ2v) is 6.27. The van der Waals surface area contributed by atoms with Crippen molar-refractivity contribution in [2.75, 3.05) is 19.8 Å². The smallest absolute Gasteiger partial charge is 0.279 e. The average Bonchev–Trinajstić information content (AvgIpc) is 3.18. The number of hydrogen-bond acceptors (Lipinski definition) is 6. The summed E-state index contributed by atoms with van der Waals surface area (Å²) in [7, 11) is 0. The lowest BCUT2D eigenvalue weighted by Crippen LogP contribution is -2.48. The quantitative estimate of drug-likeness (QED) is 0.379. The van der Waals surface area contributed by atoms with Crippen LogP contribution in [-0.4, -0.2) is 36.7 Å². The molecule has 2 amide bonds. The van der Waals surface area contributed by atoms with Crippen molar-refractivity contribution in [1.82, 2.24) is 16.2 Å². The van der Waals surface area contributed by atoms with Crippen molar-refractivity contribution >= 4 is 40.5 Å². The zero-order valence-electron chi connectivity index (χ0n) is 14.1. The number of hydrogen-bond donors (Lipinski definition) is 3. The van der Waals surface area contributed by atoms with E-state index in [1.54, 1.807) is 41.8 Å². The molecule has 3 N–H and O–H groups in total. The van der Waals surface area contributed by atoms with Gasteiger partial charge >= 0.3 is 0 Å². The Bertz CT molecular complexity index is 733. The van der Waals surface area contributed by atoms with E-state index in [0.29, 0.717) is 36.0 Å². The fraction of sp³-hybridized carbons (Fsp3) is 0.235. The predicted octanol–water partition coefficient (Wildman–Crippen LogP) is 2.11. The van der Waals surface area contributed by atoms with Crippen LogP contribution in [0.3, 0.4) is 0 Å². The van der Waals surface area contributed by atoms with E-state index in [0.717, 1.165) is 0 Å². The minimum absolute atomic E-state index is 0.00283. The molecule has 0 atom stereocenters. The summed E-state index contributed by atoms with van der Waals surface area (Å²) in [4.78, 5) is 24.4. The van der Waals surface area contributed by atoms with Crippen LogP contribution in [0, 0.1) is 0 Å². The zero-order valence-corrected chi connectivity index (χ0v) is 15.7. The number of rotatable bonds is 7. The fourth-order valence-electron chi connectivity index (χ4n) is 1.85. The second-order valence-electron chi connectivity index (χ2n) is 4.91. The molecule has 0 spiro atoms. The first-order valence-corrected chi connectivity index (χ1v) is 9.14. The number of amides is 2. The minimum atomic E-state index is -0.395. The first-order valence-electron chi connectivity index (χ1n) is 7.86. The molecule has 0 unspecified atom stereocenters. The van der Waals surface area contributed by atoms with E-state index in [1.807, 2.05) is 6.92 Å². The molecule has 0 saturated heterocycles. The number of benzene rings is 1. The minimum Gasteiger partial charge on any atom is -0.491 e. The highest BCUT2D eigenvalue weighted by atomic mass is 32.1. The first-order chi connectivity index (χ1) is 12.6. The number of carbonyl (C=O) groups excluding carboxylic acids is 2. The Hall–Kier alpha value is -2.49. The summed E-state index contributed by atoms with van der Waals surface area (Å²) in [5, 5.41) is 4.27. The van der Waals surface area contributed by atoms with Crippen molar-refractivity contribution in [2.45, 2.75) is 6.92 Å². The topological polar surface area (TPSA) is 88.7 Å². The molecule has 0 fully saturated rings. The van der Waals surface area contributed by atoms with Crippen LogP contribution < -0.4 is 20.9 Å². The summed E-state index contributed by atoms with van der Waals surface area (Å²) < 4.78 is 10.7. The summed E-state index contributed by atoms with van der Waals surface area (Å²) >= 11 is 6.29. The van der Waals surface area contributed by atoms with E-state index in [2.05, 4.69) is 16.2 Å². The van der Waals surface area contributed by atoms with Crippen LogP contribution in [0.15, 0.2) is 41.8 Å². The van der Waals surface area contributed by atoms with E-state index in [4.69, 9.17) is 21.7 Å². The highest BCUT2D eigenvalue weighted by molar-refractivity contribution is 7.80. The first kappa shape index (κ1) is 19.8. The van der Waals surface area contributed by atoms with Gasteiger partial charge in [-0.3, -0.25) is 25.8 Å². The molecule has 0 aliphatic rings. The molecule has 138 valence electrons. The number of hydrazine groups is 1. The highest BCUT2D eigenvalue weighted by Gasteiger charge is 2.10. The molecule has 2 rings (SSSR count). The van der Waals surface area contributed by atoms with Crippen LogP contribution in [-0.2, 0) is 4.74 Å². The van der Waals surface area contributed by atoms with Gasteiger partial charge in [-0.1, -0.05) is 6.07 Å². The molecule has 0 aliphatic heterocycles. The van der Waals surface area contributed by atoms with Gasteiger partial charge in [0.2, 0.25) is 0 Å². The Morgan fingerprint density at radius 3 is 2.50 bits per heavy atom. The fourth-order valence-corrected chi connectivity index (χ4v) is 2.62. The van der Waals surface area contributed by atoms with Gasteiger partial charge in [-0.15, -0.1) is 11.3 Å². The average molecular weight is 393 g/mol. The van der Waals surface area contributed by atoms with Crippen molar-refractivity contribution in [2.24, 2.45) is 0 Å². The summed E-state index contributed by atoms with van der Waals surface area (Å²) in [6.07, 6.45) is 0. The number of thiocarbonyl (C=S) groups is 1. The Labute approximate surface area is 160 Å². The van der Waals surface area contributed by atoms with E-state index in [9.17, 15) is 9.59 Å². The van der Waals surface area contributed by atoms with Gasteiger partial charge in [0.15, 0.2) is 5.11 Å². The Morgan fingerprint density at radius 2 is 1.85 bits per heavy atom. The highest BCUT2D eigenvalue weighted by Crippen LogP contribution is 2.12. The Morgan fingerprint density at radius 1 is 1.08 bits per heavy atom. The molecule has 0 saturated carbocycles. The van der Waals surface area contributed by atoms with E-state index in [1.165, 1.54) is 11.3 Å². The molecule has 2 aromatic rings. The monoisotopic (exact) mass is 393 g/mol. The van der Waals surface area contributed by atoms with Crippen LogP contribution in [0.2, 0.25) is 0 Å². The standard InChI is InChI=1S/C17H19N3O4S2/c1-2-23-9-10-24-13-7-5-12(6-8-13)15(21)18-17(25)20-19-16(22)14-4-3-11-26-14/h3-8,11H,2,9-10H2,1H3,(H,19,22)(H2,18,20,21,25). The van der Waals surface area contributed by atoms with Gasteiger partial charge in [0.25, 0.3) is 11.8 Å². The zero-order chi connectivity index (χ0) is 18.8. The molecule has 1 aromatic carbocycles. The number of ether oxygens (including phenoxy) is 2. The van der Waals surface area contributed by atoms with Crippen LogP contribution in [0.4, 0.5) is 0 Å². The predicted molar refractivity (Wildman–Crippen MR) is 103 cm³/mol. The number of thiophene rings is 1. The van der Waals surface area contributed by atoms with Gasteiger partial charge in [0.1, 0.15) is 12.4 Å². The second kappa shape index (κ2) is 10.5. The van der Waals surface area contributed by atoms with Gasteiger partial charge in [0.05, 0.1) is 11.5 Å². The van der Waals surface area contributed by atoms with Crippen molar-refractivity contribution in [3.63, 3.8) is 0 Å². The summed E-state index contributed by atoms with van der Waals surface area (Å²) in [5.74, 6) is -0.0796. The van der Waals surface area contributed by atoms with Crippen LogP contribution >= 0.6 is 23.6 Å². The van der Waals surface area contributed by atoms with Gasteiger partial charge in [0, 0.05) is 12.2 Å². The third-order valence-electron chi connectivity index (χ3n) is 3.08. The van der Waals surface area contributed by atoms with Crippen LogP contribution in [0.1, 0.15) is 27.0 Å². The van der Waals surface area contributed by atoms with Crippen LogP contribution in [0.25, 0.3) is 0 Å². The Kier molecular flexibility index (Phi) is 8.00. The third-order valence-corrected chi connectivity index (χ3v) is 4.15. The maximum Gasteiger partial charge on any atom is 0.279 e. The molecule has 0 aliphatic carbocycles. The third kappa shape index (κ3) is 6.43. The molecule has 9 heteroatoms. The van der Waals surface area contributed by atoms with Gasteiger partial charge in [-0.2, -0.15) is 0 Å². The molecule has 7 nitrogen and oxygen atoms in total. The van der Waals surface area contributed by atoms with Crippen molar-refractivity contribution in [1.29, 1.82) is 0 Å². The van der Waals surface area contributed by atoms with E-state index >= 15 is 0 Å². The van der Waals surface area contributed by atoms with Crippen molar-refractivity contribution < 1.29 is 19.1 Å².